The molecule has 0 saturated carbocycles. The fraction of sp³-hybridized carbons (Fsp3) is 0.111. The highest BCUT2D eigenvalue weighted by atomic mass is 35.5. The Morgan fingerprint density at radius 2 is 2.04 bits per heavy atom. The maximum absolute atomic E-state index is 14.3. The number of nitrogens with zero attached hydrogens (tertiary/aromatic N) is 1. The van der Waals surface area contributed by atoms with Crippen molar-refractivity contribution in [3.63, 3.8) is 0 Å². The topological polar surface area (TPSA) is 69.8 Å². The van der Waals surface area contributed by atoms with Crippen LogP contribution in [0.15, 0.2) is 42.6 Å². The summed E-state index contributed by atoms with van der Waals surface area (Å²) in [6.07, 6.45) is 1.69. The average Bonchev–Trinajstić information content (AvgIpc) is 3.00. The van der Waals surface area contributed by atoms with Crippen LogP contribution in [0.3, 0.4) is 0 Å². The molecule has 134 valence electrons. The van der Waals surface area contributed by atoms with Crippen LogP contribution in [-0.2, 0) is 6.54 Å². The van der Waals surface area contributed by atoms with Gasteiger partial charge in [0.1, 0.15) is 11.6 Å². The summed E-state index contributed by atoms with van der Waals surface area (Å²) in [6.45, 7) is 2.03. The van der Waals surface area contributed by atoms with Crippen molar-refractivity contribution < 1.29 is 9.18 Å². The molecule has 3 aromatic rings. The molecule has 0 aliphatic rings. The van der Waals surface area contributed by atoms with Gasteiger partial charge in [-0.2, -0.15) is 0 Å². The molecule has 0 atom stereocenters. The second-order valence-corrected chi connectivity index (χ2v) is 6.47. The van der Waals surface area contributed by atoms with Gasteiger partial charge in [-0.15, -0.1) is 0 Å². The number of urea groups is 1. The molecule has 0 spiro atoms. The second-order valence-electron chi connectivity index (χ2n) is 5.63. The van der Waals surface area contributed by atoms with Crippen LogP contribution in [0.25, 0.3) is 11.4 Å². The van der Waals surface area contributed by atoms with Crippen molar-refractivity contribution >= 4 is 34.9 Å². The Labute approximate surface area is 159 Å². The number of nitrogens with one attached hydrogen (secondary N) is 3. The van der Waals surface area contributed by atoms with E-state index in [-0.39, 0.29) is 6.54 Å². The van der Waals surface area contributed by atoms with Crippen LogP contribution in [0, 0.1) is 12.7 Å². The Morgan fingerprint density at radius 3 is 2.69 bits per heavy atom. The van der Waals surface area contributed by atoms with Crippen LogP contribution in [-0.4, -0.2) is 16.0 Å². The van der Waals surface area contributed by atoms with Gasteiger partial charge in [-0.1, -0.05) is 29.3 Å². The van der Waals surface area contributed by atoms with E-state index in [0.29, 0.717) is 27.1 Å². The van der Waals surface area contributed by atoms with Crippen molar-refractivity contribution in [2.45, 2.75) is 13.5 Å². The molecular formula is C18H15Cl2FN4O. The lowest BCUT2D eigenvalue weighted by molar-refractivity contribution is 0.251. The van der Waals surface area contributed by atoms with Gasteiger partial charge in [-0.3, -0.25) is 0 Å². The molecule has 0 aliphatic heterocycles. The van der Waals surface area contributed by atoms with E-state index in [2.05, 4.69) is 20.6 Å². The number of amides is 2. The average molecular weight is 393 g/mol. The molecule has 0 bridgehead atoms. The summed E-state index contributed by atoms with van der Waals surface area (Å²) in [5, 5.41) is 6.22. The van der Waals surface area contributed by atoms with Gasteiger partial charge in [-0.05, 0) is 42.8 Å². The first-order valence-electron chi connectivity index (χ1n) is 7.73. The smallest absolute Gasteiger partial charge is 0.319 e. The van der Waals surface area contributed by atoms with E-state index >= 15 is 0 Å². The van der Waals surface area contributed by atoms with Gasteiger partial charge in [0.15, 0.2) is 0 Å². The number of imidazole rings is 1. The molecule has 0 saturated heterocycles. The highest BCUT2D eigenvalue weighted by molar-refractivity contribution is 6.35. The Morgan fingerprint density at radius 1 is 1.23 bits per heavy atom. The zero-order valence-corrected chi connectivity index (χ0v) is 15.2. The minimum absolute atomic E-state index is 0.216. The van der Waals surface area contributed by atoms with Crippen molar-refractivity contribution in [2.75, 3.05) is 5.32 Å². The van der Waals surface area contributed by atoms with Crippen molar-refractivity contribution in [1.29, 1.82) is 0 Å². The number of benzene rings is 2. The third-order valence-corrected chi connectivity index (χ3v) is 4.23. The first-order chi connectivity index (χ1) is 12.4. The number of H-pyrrole nitrogens is 1. The number of carbonyl (C=O) groups excluding carboxylic acids is 1. The number of aromatic amines is 1. The summed E-state index contributed by atoms with van der Waals surface area (Å²) in [4.78, 5) is 19.1. The molecule has 3 N–H and O–H groups in total. The maximum Gasteiger partial charge on any atom is 0.319 e. The number of anilines is 1. The Bertz CT molecular complexity index is 958. The number of hydrogen-bond acceptors (Lipinski definition) is 2. The standard InChI is InChI=1S/C18H15Cl2FN4O/c1-10-8-22-17(24-10)14-5-4-13(7-16(14)21)25-18(26)23-9-11-2-3-12(19)6-15(11)20/h2-8H,9H2,1H3,(H,22,24)(H2,23,25,26). The number of carbonyl (C=O) groups is 1. The Kier molecular flexibility index (Phi) is 5.44. The molecule has 1 heterocycles. The number of hydrogen-bond donors (Lipinski definition) is 3. The highest BCUT2D eigenvalue weighted by Gasteiger charge is 2.11. The molecule has 2 aromatic carbocycles. The summed E-state index contributed by atoms with van der Waals surface area (Å²) in [5.41, 5.74) is 2.15. The van der Waals surface area contributed by atoms with Gasteiger partial charge in [0.05, 0.1) is 11.3 Å². The van der Waals surface area contributed by atoms with E-state index in [4.69, 9.17) is 23.2 Å². The molecule has 5 nitrogen and oxygen atoms in total. The molecule has 8 heteroatoms. The second kappa shape index (κ2) is 7.76. The molecule has 0 fully saturated rings. The summed E-state index contributed by atoms with van der Waals surface area (Å²) in [6, 6.07) is 8.93. The van der Waals surface area contributed by atoms with Gasteiger partial charge in [-0.25, -0.2) is 14.2 Å². The SMILES string of the molecule is Cc1c[nH]c(-c2ccc(NC(=O)NCc3ccc(Cl)cc3Cl)cc2F)n1. The highest BCUT2D eigenvalue weighted by Crippen LogP contribution is 2.23. The van der Waals surface area contributed by atoms with Crippen molar-refractivity contribution in [3.8, 4) is 11.4 Å². The molecule has 0 radical (unpaired) electrons. The van der Waals surface area contributed by atoms with Crippen LogP contribution >= 0.6 is 23.2 Å². The molecule has 0 unspecified atom stereocenters. The lowest BCUT2D eigenvalue weighted by Gasteiger charge is -2.10. The lowest BCUT2D eigenvalue weighted by atomic mass is 10.2. The number of aryl methyl sites for hydroxylation is 1. The fourth-order valence-electron chi connectivity index (χ4n) is 2.35. The van der Waals surface area contributed by atoms with Gasteiger partial charge < -0.3 is 15.6 Å². The summed E-state index contributed by atoms with van der Waals surface area (Å²) < 4.78 is 14.3. The third-order valence-electron chi connectivity index (χ3n) is 3.64. The van der Waals surface area contributed by atoms with Gasteiger partial charge in [0, 0.05) is 28.5 Å². The minimum Gasteiger partial charge on any atom is -0.344 e. The van der Waals surface area contributed by atoms with E-state index in [1.165, 1.54) is 6.07 Å². The predicted octanol–water partition coefficient (Wildman–Crippen LogP) is 5.15. The number of aromatic nitrogens is 2. The number of halogens is 3. The van der Waals surface area contributed by atoms with Crippen LogP contribution < -0.4 is 10.6 Å². The van der Waals surface area contributed by atoms with E-state index in [0.717, 1.165) is 11.3 Å². The molecule has 2 amide bonds. The largest absolute Gasteiger partial charge is 0.344 e. The quantitative estimate of drug-likeness (QED) is 0.574. The van der Waals surface area contributed by atoms with Crippen LogP contribution in [0.2, 0.25) is 10.0 Å². The predicted molar refractivity (Wildman–Crippen MR) is 101 cm³/mol. The minimum atomic E-state index is -0.488. The van der Waals surface area contributed by atoms with Crippen molar-refractivity contribution in [2.24, 2.45) is 0 Å². The normalized spacial score (nSPS) is 10.6. The summed E-state index contributed by atoms with van der Waals surface area (Å²) in [7, 11) is 0. The fourth-order valence-corrected chi connectivity index (χ4v) is 2.83. The molecular weight excluding hydrogens is 378 g/mol. The lowest BCUT2D eigenvalue weighted by Crippen LogP contribution is -2.28. The van der Waals surface area contributed by atoms with Crippen molar-refractivity contribution in [1.82, 2.24) is 15.3 Å². The van der Waals surface area contributed by atoms with E-state index in [1.54, 1.807) is 36.5 Å². The monoisotopic (exact) mass is 392 g/mol. The Hall–Kier alpha value is -2.57. The van der Waals surface area contributed by atoms with Gasteiger partial charge >= 0.3 is 6.03 Å². The summed E-state index contributed by atoms with van der Waals surface area (Å²) >= 11 is 11.9. The maximum atomic E-state index is 14.3. The molecule has 3 rings (SSSR count). The first-order valence-corrected chi connectivity index (χ1v) is 8.48. The first kappa shape index (κ1) is 18.2. The zero-order valence-electron chi connectivity index (χ0n) is 13.7. The van der Waals surface area contributed by atoms with Gasteiger partial charge in [0.25, 0.3) is 0 Å². The van der Waals surface area contributed by atoms with Gasteiger partial charge in [0.2, 0.25) is 0 Å². The molecule has 1 aromatic heterocycles. The third kappa shape index (κ3) is 4.33. The molecule has 26 heavy (non-hydrogen) atoms. The van der Waals surface area contributed by atoms with Crippen LogP contribution in [0.1, 0.15) is 11.3 Å². The van der Waals surface area contributed by atoms with E-state index < -0.39 is 11.8 Å². The zero-order chi connectivity index (χ0) is 18.7. The van der Waals surface area contributed by atoms with Crippen LogP contribution in [0.4, 0.5) is 14.9 Å². The Balaban J connectivity index is 1.63. The van der Waals surface area contributed by atoms with Crippen LogP contribution in [0.5, 0.6) is 0 Å². The van der Waals surface area contributed by atoms with E-state index in [1.807, 2.05) is 6.92 Å². The number of rotatable bonds is 4. The molecule has 0 aliphatic carbocycles. The van der Waals surface area contributed by atoms with Crippen molar-refractivity contribution in [3.05, 3.63) is 69.7 Å². The summed E-state index contributed by atoms with van der Waals surface area (Å²) in [5.74, 6) is -0.0497. The van der Waals surface area contributed by atoms with E-state index in [9.17, 15) is 9.18 Å².